The Labute approximate surface area is 117 Å². The largest absolute Gasteiger partial charge is 0.497 e. The van der Waals surface area contributed by atoms with E-state index in [4.69, 9.17) is 4.74 Å². The molecule has 19 heavy (non-hydrogen) atoms. The fraction of sp³-hybridized carbons (Fsp3) is 0.562. The molecule has 1 aliphatic rings. The number of hydrogen-bond acceptors (Lipinski definition) is 2. The lowest BCUT2D eigenvalue weighted by molar-refractivity contribution is 0.0956. The predicted octanol–water partition coefficient (Wildman–Crippen LogP) is 3.88. The molecule has 2 rings (SSSR count). The summed E-state index contributed by atoms with van der Waals surface area (Å²) in [7, 11) is 0.817. The van der Waals surface area contributed by atoms with E-state index in [-0.39, 0.29) is 10.5 Å². The molecule has 1 fully saturated rings. The SMILES string of the molecule is COc1ccc(C(=O)C(C)(C)S2(C)CCCC2)cc1. The minimum atomic E-state index is -0.826. The van der Waals surface area contributed by atoms with Crippen molar-refractivity contribution in [2.45, 2.75) is 31.4 Å². The third-order valence-electron chi connectivity index (χ3n) is 4.57. The molecule has 1 aliphatic heterocycles. The van der Waals surface area contributed by atoms with Crippen LogP contribution in [0, 0.1) is 0 Å². The summed E-state index contributed by atoms with van der Waals surface area (Å²) in [6.45, 7) is 4.28. The first-order valence-electron chi connectivity index (χ1n) is 6.83. The van der Waals surface area contributed by atoms with E-state index in [0.717, 1.165) is 11.3 Å². The molecule has 0 unspecified atom stereocenters. The Morgan fingerprint density at radius 2 is 1.68 bits per heavy atom. The lowest BCUT2D eigenvalue weighted by Crippen LogP contribution is -2.38. The van der Waals surface area contributed by atoms with Gasteiger partial charge in [-0.05, 0) is 68.7 Å². The van der Waals surface area contributed by atoms with Crippen LogP contribution >= 0.6 is 10.0 Å². The van der Waals surface area contributed by atoms with Gasteiger partial charge in [-0.2, -0.15) is 0 Å². The summed E-state index contributed by atoms with van der Waals surface area (Å²) in [5.74, 6) is 3.56. The number of Topliss-reactive ketones (excluding diaryl/α,β-unsaturated/α-hetero) is 1. The minimum absolute atomic E-state index is 0.224. The third kappa shape index (κ3) is 2.53. The molecule has 2 nitrogen and oxygen atoms in total. The quantitative estimate of drug-likeness (QED) is 0.782. The van der Waals surface area contributed by atoms with Gasteiger partial charge in [-0.25, -0.2) is 10.0 Å². The van der Waals surface area contributed by atoms with Gasteiger partial charge in [0.05, 0.1) is 11.9 Å². The summed E-state index contributed by atoms with van der Waals surface area (Å²) in [5.41, 5.74) is 0.812. The van der Waals surface area contributed by atoms with Gasteiger partial charge in [0, 0.05) is 5.56 Å². The van der Waals surface area contributed by atoms with E-state index in [1.54, 1.807) is 7.11 Å². The van der Waals surface area contributed by atoms with Crippen LogP contribution in [0.25, 0.3) is 0 Å². The highest BCUT2D eigenvalue weighted by atomic mass is 32.3. The standard InChI is InChI=1S/C16H24O2S/c1-16(2,19(4)11-5-6-12-19)15(17)13-7-9-14(18-3)10-8-13/h7-10H,5-6,11-12H2,1-4H3. The molecule has 1 heterocycles. The third-order valence-corrected chi connectivity index (χ3v) is 9.60. The van der Waals surface area contributed by atoms with Crippen LogP contribution in [0.1, 0.15) is 37.0 Å². The number of ketones is 1. The first kappa shape index (κ1) is 14.4. The monoisotopic (exact) mass is 280 g/mol. The molecule has 0 spiro atoms. The Bertz CT molecular complexity index is 456. The summed E-state index contributed by atoms with van der Waals surface area (Å²) in [6.07, 6.45) is 4.91. The number of carbonyl (C=O) groups excluding carboxylic acids is 1. The second-order valence-electron chi connectivity index (χ2n) is 5.96. The zero-order valence-electron chi connectivity index (χ0n) is 12.4. The van der Waals surface area contributed by atoms with E-state index in [1.807, 2.05) is 24.3 Å². The molecule has 0 bridgehead atoms. The Balaban J connectivity index is 2.26. The van der Waals surface area contributed by atoms with Crippen LogP contribution in [0.5, 0.6) is 5.75 Å². The van der Waals surface area contributed by atoms with Gasteiger partial charge in [0.25, 0.3) is 0 Å². The van der Waals surface area contributed by atoms with Crippen LogP contribution in [-0.2, 0) is 0 Å². The molecule has 0 amide bonds. The average Bonchev–Trinajstić information content (AvgIpc) is 2.86. The molecule has 106 valence electrons. The fourth-order valence-corrected chi connectivity index (χ4v) is 6.24. The van der Waals surface area contributed by atoms with E-state index in [1.165, 1.54) is 24.3 Å². The normalized spacial score (nSPS) is 20.0. The summed E-state index contributed by atoms with van der Waals surface area (Å²) >= 11 is 0. The zero-order chi connectivity index (χ0) is 14.1. The Morgan fingerprint density at radius 3 is 2.16 bits per heavy atom. The number of methoxy groups -OCH3 is 1. The number of hydrogen-bond donors (Lipinski definition) is 0. The topological polar surface area (TPSA) is 26.3 Å². The summed E-state index contributed by atoms with van der Waals surface area (Å²) in [5, 5.41) is 0. The number of rotatable bonds is 4. The van der Waals surface area contributed by atoms with E-state index >= 15 is 0 Å². The van der Waals surface area contributed by atoms with Gasteiger partial charge in [0.2, 0.25) is 0 Å². The van der Waals surface area contributed by atoms with Crippen molar-refractivity contribution in [3.05, 3.63) is 29.8 Å². The van der Waals surface area contributed by atoms with Crippen molar-refractivity contribution < 1.29 is 9.53 Å². The minimum Gasteiger partial charge on any atom is -0.497 e. The van der Waals surface area contributed by atoms with Crippen LogP contribution in [0.3, 0.4) is 0 Å². The number of benzene rings is 1. The van der Waals surface area contributed by atoms with Crippen molar-refractivity contribution in [3.8, 4) is 5.75 Å². The van der Waals surface area contributed by atoms with Crippen molar-refractivity contribution in [1.29, 1.82) is 0 Å². The Morgan fingerprint density at radius 1 is 1.16 bits per heavy atom. The lowest BCUT2D eigenvalue weighted by atomic mass is 10.0. The first-order chi connectivity index (χ1) is 8.90. The lowest BCUT2D eigenvalue weighted by Gasteiger charge is -2.45. The van der Waals surface area contributed by atoms with Gasteiger partial charge in [0.1, 0.15) is 5.75 Å². The molecule has 0 N–H and O–H groups in total. The summed E-state index contributed by atoms with van der Waals surface area (Å²) in [4.78, 5) is 12.8. The average molecular weight is 280 g/mol. The zero-order valence-corrected chi connectivity index (χ0v) is 13.2. The number of ether oxygens (including phenoxy) is 1. The molecule has 3 heteroatoms. The van der Waals surface area contributed by atoms with Gasteiger partial charge in [-0.15, -0.1) is 0 Å². The highest BCUT2D eigenvalue weighted by molar-refractivity contribution is 8.34. The van der Waals surface area contributed by atoms with Gasteiger partial charge < -0.3 is 4.74 Å². The maximum Gasteiger partial charge on any atom is 0.176 e. The number of carbonyl (C=O) groups is 1. The smallest absolute Gasteiger partial charge is 0.176 e. The van der Waals surface area contributed by atoms with E-state index in [0.29, 0.717) is 0 Å². The summed E-state index contributed by atoms with van der Waals surface area (Å²) < 4.78 is 4.92. The molecule has 1 saturated heterocycles. The molecule has 1 aromatic rings. The molecular weight excluding hydrogens is 256 g/mol. The van der Waals surface area contributed by atoms with E-state index in [2.05, 4.69) is 20.1 Å². The van der Waals surface area contributed by atoms with Crippen LogP contribution in [0.4, 0.5) is 0 Å². The molecule has 0 aromatic heterocycles. The fourth-order valence-electron chi connectivity index (χ4n) is 2.77. The van der Waals surface area contributed by atoms with Crippen LogP contribution in [-0.4, -0.2) is 35.4 Å². The van der Waals surface area contributed by atoms with Crippen molar-refractivity contribution in [2.24, 2.45) is 0 Å². The predicted molar refractivity (Wildman–Crippen MR) is 83.9 cm³/mol. The van der Waals surface area contributed by atoms with Gasteiger partial charge in [0.15, 0.2) is 5.78 Å². The second-order valence-corrected chi connectivity index (χ2v) is 10.3. The van der Waals surface area contributed by atoms with Crippen molar-refractivity contribution in [2.75, 3.05) is 24.9 Å². The summed E-state index contributed by atoms with van der Waals surface area (Å²) in [6, 6.07) is 7.52. The van der Waals surface area contributed by atoms with E-state index < -0.39 is 10.0 Å². The molecular formula is C16H24O2S. The van der Waals surface area contributed by atoms with Crippen molar-refractivity contribution in [1.82, 2.24) is 0 Å². The van der Waals surface area contributed by atoms with Crippen LogP contribution < -0.4 is 4.74 Å². The van der Waals surface area contributed by atoms with Crippen molar-refractivity contribution >= 4 is 15.8 Å². The molecule has 0 atom stereocenters. The molecule has 0 aliphatic carbocycles. The maximum absolute atomic E-state index is 12.8. The highest BCUT2D eigenvalue weighted by Gasteiger charge is 2.43. The van der Waals surface area contributed by atoms with E-state index in [9.17, 15) is 4.79 Å². The molecule has 1 aromatic carbocycles. The Kier molecular flexibility index (Phi) is 3.95. The van der Waals surface area contributed by atoms with Gasteiger partial charge in [-0.3, -0.25) is 4.79 Å². The van der Waals surface area contributed by atoms with Crippen LogP contribution in [0.2, 0.25) is 0 Å². The molecule has 0 saturated carbocycles. The van der Waals surface area contributed by atoms with Gasteiger partial charge in [-0.1, -0.05) is 0 Å². The highest BCUT2D eigenvalue weighted by Crippen LogP contribution is 2.61. The molecule has 0 radical (unpaired) electrons. The van der Waals surface area contributed by atoms with Crippen molar-refractivity contribution in [3.63, 3.8) is 0 Å². The maximum atomic E-state index is 12.8. The van der Waals surface area contributed by atoms with Crippen LogP contribution in [0.15, 0.2) is 24.3 Å². The van der Waals surface area contributed by atoms with Gasteiger partial charge >= 0.3 is 0 Å². The second kappa shape index (κ2) is 5.20. The first-order valence-corrected chi connectivity index (χ1v) is 9.21. The Hall–Kier alpha value is -0.960.